The molecule has 0 atom stereocenters. The molecule has 19 heavy (non-hydrogen) atoms. The molecule has 0 spiro atoms. The molecule has 98 valence electrons. The Kier molecular flexibility index (Phi) is 2.44. The highest BCUT2D eigenvalue weighted by Gasteiger charge is 2.44. The zero-order chi connectivity index (χ0) is 14.5. The Hall–Kier alpha value is -3.04. The Morgan fingerprint density at radius 1 is 1.16 bits per heavy atom. The van der Waals surface area contributed by atoms with Gasteiger partial charge in [-0.15, -0.1) is 0 Å². The van der Waals surface area contributed by atoms with Crippen LogP contribution in [0.1, 0.15) is 20.7 Å². The molecule has 10 heteroatoms. The average molecular weight is 267 g/mol. The van der Waals surface area contributed by atoms with E-state index in [9.17, 15) is 34.9 Å². The van der Waals surface area contributed by atoms with Crippen molar-refractivity contribution in [1.82, 2.24) is 4.90 Å². The number of carbonyl (C=O) groups is 2. The van der Waals surface area contributed by atoms with Crippen molar-refractivity contribution in [2.24, 2.45) is 0 Å². The van der Waals surface area contributed by atoms with Crippen LogP contribution in [0.15, 0.2) is 6.07 Å². The second-order valence-corrected chi connectivity index (χ2v) is 3.70. The first-order valence-corrected chi connectivity index (χ1v) is 4.78. The SMILES string of the molecule is CN1C(=O)c2cc([N+](=O)[O-])c(O)c([N+](=O)[O-])c2C1=O. The van der Waals surface area contributed by atoms with E-state index in [1.807, 2.05) is 0 Å². The lowest BCUT2D eigenvalue weighted by atomic mass is 10.1. The van der Waals surface area contributed by atoms with Crippen LogP contribution in [0, 0.1) is 20.2 Å². The van der Waals surface area contributed by atoms with E-state index >= 15 is 0 Å². The van der Waals surface area contributed by atoms with E-state index in [1.54, 1.807) is 0 Å². The Balaban J connectivity index is 2.92. The summed E-state index contributed by atoms with van der Waals surface area (Å²) in [5.74, 6) is -3.13. The first-order valence-electron chi connectivity index (χ1n) is 4.78. The largest absolute Gasteiger partial charge is 0.497 e. The number of nitro groups is 2. The minimum atomic E-state index is -1.25. The number of carbonyl (C=O) groups excluding carboxylic acids is 2. The van der Waals surface area contributed by atoms with Crippen molar-refractivity contribution in [3.8, 4) is 5.75 Å². The molecule has 0 saturated carbocycles. The van der Waals surface area contributed by atoms with E-state index in [2.05, 4.69) is 0 Å². The minimum Gasteiger partial charge on any atom is -0.497 e. The monoisotopic (exact) mass is 267 g/mol. The van der Waals surface area contributed by atoms with E-state index < -0.39 is 49.9 Å². The lowest BCUT2D eigenvalue weighted by Crippen LogP contribution is -2.24. The molecular formula is C9H5N3O7. The molecule has 0 fully saturated rings. The first-order chi connectivity index (χ1) is 8.77. The third-order valence-electron chi connectivity index (χ3n) is 2.69. The van der Waals surface area contributed by atoms with E-state index in [0.29, 0.717) is 11.0 Å². The number of phenolic OH excluding ortho intramolecular Hbond substituents is 1. The zero-order valence-electron chi connectivity index (χ0n) is 9.32. The highest BCUT2D eigenvalue weighted by atomic mass is 16.6. The molecule has 1 aliphatic heterocycles. The van der Waals surface area contributed by atoms with Crippen molar-refractivity contribution in [2.75, 3.05) is 7.05 Å². The van der Waals surface area contributed by atoms with Gasteiger partial charge in [0.1, 0.15) is 5.56 Å². The van der Waals surface area contributed by atoms with Gasteiger partial charge in [-0.1, -0.05) is 0 Å². The fraction of sp³-hybridized carbons (Fsp3) is 0.111. The molecule has 10 nitrogen and oxygen atoms in total. The van der Waals surface area contributed by atoms with Gasteiger partial charge in [0.05, 0.1) is 15.4 Å². The van der Waals surface area contributed by atoms with Crippen LogP contribution in [-0.2, 0) is 0 Å². The molecule has 1 N–H and O–H groups in total. The van der Waals surface area contributed by atoms with Crippen molar-refractivity contribution in [2.45, 2.75) is 0 Å². The van der Waals surface area contributed by atoms with Crippen molar-refractivity contribution in [1.29, 1.82) is 0 Å². The summed E-state index contributed by atoms with van der Waals surface area (Å²) < 4.78 is 0. The van der Waals surface area contributed by atoms with Gasteiger partial charge in [0, 0.05) is 13.1 Å². The van der Waals surface area contributed by atoms with E-state index in [4.69, 9.17) is 0 Å². The second-order valence-electron chi connectivity index (χ2n) is 3.70. The van der Waals surface area contributed by atoms with E-state index in [0.717, 1.165) is 7.05 Å². The van der Waals surface area contributed by atoms with E-state index in [-0.39, 0.29) is 0 Å². The van der Waals surface area contributed by atoms with Gasteiger partial charge in [-0.05, 0) is 0 Å². The average Bonchev–Trinajstić information content (AvgIpc) is 2.53. The Morgan fingerprint density at radius 2 is 1.74 bits per heavy atom. The molecule has 0 saturated heterocycles. The van der Waals surface area contributed by atoms with Gasteiger partial charge < -0.3 is 5.11 Å². The van der Waals surface area contributed by atoms with Gasteiger partial charge in [-0.3, -0.25) is 34.7 Å². The van der Waals surface area contributed by atoms with Crippen LogP contribution in [0.5, 0.6) is 5.75 Å². The molecule has 2 amide bonds. The van der Waals surface area contributed by atoms with Gasteiger partial charge in [0.25, 0.3) is 17.6 Å². The molecular weight excluding hydrogens is 262 g/mol. The maximum absolute atomic E-state index is 11.7. The molecule has 1 aromatic carbocycles. The summed E-state index contributed by atoms with van der Waals surface area (Å²) in [6.45, 7) is 0. The number of phenols is 1. The maximum atomic E-state index is 11.7. The highest BCUT2D eigenvalue weighted by molar-refractivity contribution is 6.23. The fourth-order valence-corrected chi connectivity index (χ4v) is 1.79. The predicted molar refractivity (Wildman–Crippen MR) is 57.8 cm³/mol. The summed E-state index contributed by atoms with van der Waals surface area (Å²) in [4.78, 5) is 43.2. The Labute approximate surface area is 104 Å². The summed E-state index contributed by atoms with van der Waals surface area (Å²) in [7, 11) is 1.08. The van der Waals surface area contributed by atoms with Crippen molar-refractivity contribution in [3.05, 3.63) is 37.4 Å². The fourth-order valence-electron chi connectivity index (χ4n) is 1.79. The first kappa shape index (κ1) is 12.4. The van der Waals surface area contributed by atoms with Gasteiger partial charge in [0.2, 0.25) is 0 Å². The normalized spacial score (nSPS) is 13.6. The van der Waals surface area contributed by atoms with Crippen molar-refractivity contribution < 1.29 is 24.5 Å². The number of nitrogens with zero attached hydrogens (tertiary/aromatic N) is 3. The van der Waals surface area contributed by atoms with Crippen molar-refractivity contribution >= 4 is 23.2 Å². The molecule has 0 radical (unpaired) electrons. The summed E-state index contributed by atoms with van der Waals surface area (Å²) in [5.41, 5.74) is -3.24. The van der Waals surface area contributed by atoms with Crippen molar-refractivity contribution in [3.63, 3.8) is 0 Å². The second kappa shape index (κ2) is 3.73. The third-order valence-corrected chi connectivity index (χ3v) is 2.69. The topological polar surface area (TPSA) is 144 Å². The number of hydrogen-bond acceptors (Lipinski definition) is 7. The number of hydrogen-bond donors (Lipinski definition) is 1. The number of fused-ring (bicyclic) bond motifs is 1. The molecule has 2 rings (SSSR count). The van der Waals surface area contributed by atoms with Crippen LogP contribution < -0.4 is 0 Å². The molecule has 0 aromatic heterocycles. The van der Waals surface area contributed by atoms with Crippen LogP contribution >= 0.6 is 0 Å². The quantitative estimate of drug-likeness (QED) is 0.464. The Morgan fingerprint density at radius 3 is 2.21 bits per heavy atom. The third kappa shape index (κ3) is 1.50. The van der Waals surface area contributed by atoms with E-state index in [1.165, 1.54) is 0 Å². The van der Waals surface area contributed by atoms with Gasteiger partial charge in [-0.25, -0.2) is 0 Å². The molecule has 1 aliphatic rings. The van der Waals surface area contributed by atoms with Gasteiger partial charge in [0.15, 0.2) is 0 Å². The number of benzene rings is 1. The standard InChI is InChI=1S/C9H5N3O7/c1-10-8(14)3-2-4(11(16)17)7(13)6(12(18)19)5(3)9(10)15/h2,13H,1H3. The zero-order valence-corrected chi connectivity index (χ0v) is 9.32. The summed E-state index contributed by atoms with van der Waals surface area (Å²) in [6.07, 6.45) is 0. The Bertz CT molecular complexity index is 666. The summed E-state index contributed by atoms with van der Waals surface area (Å²) in [6, 6.07) is 0.654. The number of rotatable bonds is 2. The van der Waals surface area contributed by atoms with Crippen LogP contribution in [0.4, 0.5) is 11.4 Å². The highest BCUT2D eigenvalue weighted by Crippen LogP contribution is 2.43. The molecule has 0 aliphatic carbocycles. The molecule has 0 unspecified atom stereocenters. The van der Waals surface area contributed by atoms with Crippen LogP contribution in [-0.4, -0.2) is 38.7 Å². The van der Waals surface area contributed by atoms with Crippen LogP contribution in [0.2, 0.25) is 0 Å². The lowest BCUT2D eigenvalue weighted by Gasteiger charge is -2.02. The number of imide groups is 1. The van der Waals surface area contributed by atoms with Gasteiger partial charge >= 0.3 is 11.4 Å². The van der Waals surface area contributed by atoms with Crippen LogP contribution in [0.25, 0.3) is 0 Å². The number of amides is 2. The lowest BCUT2D eigenvalue weighted by molar-refractivity contribution is -0.396. The smallest absolute Gasteiger partial charge is 0.331 e. The maximum Gasteiger partial charge on any atom is 0.331 e. The van der Waals surface area contributed by atoms with Crippen LogP contribution in [0.3, 0.4) is 0 Å². The molecule has 1 heterocycles. The molecule has 1 aromatic rings. The minimum absolute atomic E-state index is 0.469. The summed E-state index contributed by atoms with van der Waals surface area (Å²) >= 11 is 0. The summed E-state index contributed by atoms with van der Waals surface area (Å²) in [5, 5.41) is 31.1. The predicted octanol–water partition coefficient (Wildman–Crippen LogP) is 0.434. The number of nitro benzene ring substituents is 2. The number of aromatic hydroxyl groups is 1. The van der Waals surface area contributed by atoms with Gasteiger partial charge in [-0.2, -0.15) is 0 Å². The molecule has 0 bridgehead atoms.